The summed E-state index contributed by atoms with van der Waals surface area (Å²) in [4.78, 5) is 29.9. The molecule has 0 saturated carbocycles. The molecule has 1 amide bonds. The highest BCUT2D eigenvalue weighted by molar-refractivity contribution is 7.99. The van der Waals surface area contributed by atoms with Gasteiger partial charge in [-0.1, -0.05) is 30.8 Å². The number of hydrogen-bond acceptors (Lipinski definition) is 6. The fraction of sp³-hybridized carbons (Fsp3) is 0.286. The molecule has 3 rings (SSSR count). The molecule has 2 aromatic carbocycles. The number of carbonyl (C=O) groups excluding carboxylic acids is 1. The zero-order chi connectivity index (χ0) is 20.8. The van der Waals surface area contributed by atoms with Gasteiger partial charge in [-0.15, -0.1) is 0 Å². The fourth-order valence-electron chi connectivity index (χ4n) is 2.91. The third-order valence-electron chi connectivity index (χ3n) is 4.29. The minimum atomic E-state index is -0.230. The van der Waals surface area contributed by atoms with Crippen molar-refractivity contribution in [3.8, 4) is 11.5 Å². The van der Waals surface area contributed by atoms with E-state index in [2.05, 4.69) is 10.3 Å². The predicted molar refractivity (Wildman–Crippen MR) is 115 cm³/mol. The van der Waals surface area contributed by atoms with E-state index in [1.54, 1.807) is 42.0 Å². The molecule has 0 atom stereocenters. The van der Waals surface area contributed by atoms with E-state index in [0.717, 1.165) is 6.42 Å². The SMILES string of the molecule is CCCn1c(SCC(=O)Nc2cc(OC)ccc2OC)nc2ccccc2c1=O. The minimum absolute atomic E-state index is 0.0881. The summed E-state index contributed by atoms with van der Waals surface area (Å²) in [7, 11) is 3.09. The van der Waals surface area contributed by atoms with Gasteiger partial charge in [0, 0.05) is 12.6 Å². The van der Waals surface area contributed by atoms with Gasteiger partial charge < -0.3 is 14.8 Å². The van der Waals surface area contributed by atoms with E-state index >= 15 is 0 Å². The fourth-order valence-corrected chi connectivity index (χ4v) is 3.73. The van der Waals surface area contributed by atoms with Crippen molar-refractivity contribution in [3.05, 3.63) is 52.8 Å². The lowest BCUT2D eigenvalue weighted by molar-refractivity contribution is -0.113. The van der Waals surface area contributed by atoms with Crippen molar-refractivity contribution in [1.29, 1.82) is 0 Å². The van der Waals surface area contributed by atoms with Crippen LogP contribution in [0.1, 0.15) is 13.3 Å². The van der Waals surface area contributed by atoms with Crippen LogP contribution < -0.4 is 20.3 Å². The normalized spacial score (nSPS) is 10.7. The predicted octanol–water partition coefficient (Wildman–Crippen LogP) is 3.55. The summed E-state index contributed by atoms with van der Waals surface area (Å²) >= 11 is 1.23. The molecule has 0 saturated heterocycles. The molecular formula is C21H23N3O4S. The van der Waals surface area contributed by atoms with Crippen molar-refractivity contribution in [2.45, 2.75) is 25.0 Å². The van der Waals surface area contributed by atoms with Crippen LogP contribution in [0.5, 0.6) is 11.5 Å². The van der Waals surface area contributed by atoms with E-state index in [4.69, 9.17) is 9.47 Å². The Bertz CT molecular complexity index is 1080. The summed E-state index contributed by atoms with van der Waals surface area (Å²) in [5.41, 5.74) is 1.06. The Balaban J connectivity index is 1.81. The molecule has 152 valence electrons. The zero-order valence-corrected chi connectivity index (χ0v) is 17.4. The van der Waals surface area contributed by atoms with E-state index in [1.165, 1.54) is 18.9 Å². The topological polar surface area (TPSA) is 82.5 Å². The van der Waals surface area contributed by atoms with Gasteiger partial charge in [0.05, 0.1) is 36.6 Å². The first kappa shape index (κ1) is 20.7. The van der Waals surface area contributed by atoms with Crippen LogP contribution in [0.4, 0.5) is 5.69 Å². The number of hydrogen-bond donors (Lipinski definition) is 1. The largest absolute Gasteiger partial charge is 0.497 e. The molecule has 0 aliphatic carbocycles. The molecular weight excluding hydrogens is 390 g/mol. The second-order valence-electron chi connectivity index (χ2n) is 6.27. The summed E-state index contributed by atoms with van der Waals surface area (Å²) in [5.74, 6) is 1.03. The minimum Gasteiger partial charge on any atom is -0.497 e. The number of nitrogens with zero attached hydrogens (tertiary/aromatic N) is 2. The average molecular weight is 413 g/mol. The molecule has 0 bridgehead atoms. The number of para-hydroxylation sites is 1. The maximum Gasteiger partial charge on any atom is 0.262 e. The van der Waals surface area contributed by atoms with Crippen molar-refractivity contribution in [3.63, 3.8) is 0 Å². The number of benzene rings is 2. The lowest BCUT2D eigenvalue weighted by Crippen LogP contribution is -2.24. The summed E-state index contributed by atoms with van der Waals surface area (Å²) in [6.07, 6.45) is 0.792. The second-order valence-corrected chi connectivity index (χ2v) is 7.21. The molecule has 0 radical (unpaired) electrons. The van der Waals surface area contributed by atoms with E-state index in [-0.39, 0.29) is 17.2 Å². The van der Waals surface area contributed by atoms with E-state index in [0.29, 0.717) is 39.8 Å². The summed E-state index contributed by atoms with van der Waals surface area (Å²) in [5, 5.41) is 3.94. The van der Waals surface area contributed by atoms with Gasteiger partial charge in [0.1, 0.15) is 11.5 Å². The van der Waals surface area contributed by atoms with E-state index < -0.39 is 0 Å². The van der Waals surface area contributed by atoms with Crippen LogP contribution in [0.25, 0.3) is 10.9 Å². The molecule has 1 N–H and O–H groups in total. The number of amides is 1. The first-order valence-electron chi connectivity index (χ1n) is 9.21. The molecule has 3 aromatic rings. The van der Waals surface area contributed by atoms with Crippen molar-refractivity contribution in [1.82, 2.24) is 9.55 Å². The Morgan fingerprint density at radius 3 is 2.69 bits per heavy atom. The number of aromatic nitrogens is 2. The zero-order valence-electron chi connectivity index (χ0n) is 16.6. The van der Waals surface area contributed by atoms with Crippen LogP contribution in [0.15, 0.2) is 52.4 Å². The number of carbonyl (C=O) groups is 1. The maximum atomic E-state index is 12.8. The second kappa shape index (κ2) is 9.47. The summed E-state index contributed by atoms with van der Waals surface area (Å²) in [6.45, 7) is 2.54. The number of methoxy groups -OCH3 is 2. The van der Waals surface area contributed by atoms with Gasteiger partial charge in [0.2, 0.25) is 5.91 Å². The Morgan fingerprint density at radius 1 is 1.17 bits per heavy atom. The lowest BCUT2D eigenvalue weighted by atomic mass is 10.2. The number of fused-ring (bicyclic) bond motifs is 1. The standard InChI is InChI=1S/C21H23N3O4S/c1-4-11-24-20(26)15-7-5-6-8-16(15)23-21(24)29-13-19(25)22-17-12-14(27-2)9-10-18(17)28-3/h5-10,12H,4,11,13H2,1-3H3,(H,22,25). The van der Waals surface area contributed by atoms with Gasteiger partial charge in [-0.25, -0.2) is 4.98 Å². The third kappa shape index (κ3) is 4.71. The van der Waals surface area contributed by atoms with Gasteiger partial charge in [0.15, 0.2) is 5.16 Å². The highest BCUT2D eigenvalue weighted by Crippen LogP contribution is 2.29. The Kier molecular flexibility index (Phi) is 6.77. The number of thioether (sulfide) groups is 1. The van der Waals surface area contributed by atoms with Gasteiger partial charge in [0.25, 0.3) is 5.56 Å². The quantitative estimate of drug-likeness (QED) is 0.449. The smallest absolute Gasteiger partial charge is 0.262 e. The van der Waals surface area contributed by atoms with Crippen LogP contribution in [0, 0.1) is 0 Å². The van der Waals surface area contributed by atoms with Crippen molar-refractivity contribution in [2.24, 2.45) is 0 Å². The lowest BCUT2D eigenvalue weighted by Gasteiger charge is -2.13. The van der Waals surface area contributed by atoms with Gasteiger partial charge >= 0.3 is 0 Å². The molecule has 0 fully saturated rings. The van der Waals surface area contributed by atoms with Gasteiger partial charge in [-0.3, -0.25) is 14.2 Å². The van der Waals surface area contributed by atoms with Crippen molar-refractivity contribution < 1.29 is 14.3 Å². The van der Waals surface area contributed by atoms with Crippen LogP contribution >= 0.6 is 11.8 Å². The number of rotatable bonds is 8. The van der Waals surface area contributed by atoms with Gasteiger partial charge in [-0.05, 0) is 30.7 Å². The number of nitrogens with one attached hydrogen (secondary N) is 1. The Hall–Kier alpha value is -3.00. The van der Waals surface area contributed by atoms with E-state index in [1.807, 2.05) is 19.1 Å². The number of anilines is 1. The monoisotopic (exact) mass is 413 g/mol. The first-order chi connectivity index (χ1) is 14.1. The molecule has 1 aromatic heterocycles. The molecule has 0 aliphatic heterocycles. The average Bonchev–Trinajstić information content (AvgIpc) is 2.74. The van der Waals surface area contributed by atoms with Crippen LogP contribution in [0.2, 0.25) is 0 Å². The van der Waals surface area contributed by atoms with Crippen LogP contribution in [0.3, 0.4) is 0 Å². The third-order valence-corrected chi connectivity index (χ3v) is 5.26. The maximum absolute atomic E-state index is 12.8. The summed E-state index contributed by atoms with van der Waals surface area (Å²) in [6, 6.07) is 12.4. The highest BCUT2D eigenvalue weighted by atomic mass is 32.2. The molecule has 0 unspecified atom stereocenters. The molecule has 8 heteroatoms. The Labute approximate surface area is 173 Å². The molecule has 1 heterocycles. The van der Waals surface area contributed by atoms with E-state index in [9.17, 15) is 9.59 Å². The van der Waals surface area contributed by atoms with Crippen LogP contribution in [-0.2, 0) is 11.3 Å². The number of ether oxygens (including phenoxy) is 2. The van der Waals surface area contributed by atoms with Crippen molar-refractivity contribution >= 4 is 34.3 Å². The Morgan fingerprint density at radius 2 is 1.97 bits per heavy atom. The van der Waals surface area contributed by atoms with Crippen molar-refractivity contribution in [2.75, 3.05) is 25.3 Å². The molecule has 0 aliphatic rings. The van der Waals surface area contributed by atoms with Gasteiger partial charge in [-0.2, -0.15) is 0 Å². The molecule has 7 nitrogen and oxygen atoms in total. The van der Waals surface area contributed by atoms with Crippen LogP contribution in [-0.4, -0.2) is 35.4 Å². The highest BCUT2D eigenvalue weighted by Gasteiger charge is 2.14. The summed E-state index contributed by atoms with van der Waals surface area (Å²) < 4.78 is 12.1. The molecule has 29 heavy (non-hydrogen) atoms. The first-order valence-corrected chi connectivity index (χ1v) is 10.2. The molecule has 0 spiro atoms.